The summed E-state index contributed by atoms with van der Waals surface area (Å²) in [5.41, 5.74) is 3.31. The van der Waals surface area contributed by atoms with Crippen LogP contribution in [-0.2, 0) is 24.5 Å². The summed E-state index contributed by atoms with van der Waals surface area (Å²) >= 11 is 4.96. The van der Waals surface area contributed by atoms with E-state index >= 15 is 0 Å². The highest BCUT2D eigenvalue weighted by Crippen LogP contribution is 2.25. The Hall–Kier alpha value is -2.81. The van der Waals surface area contributed by atoms with E-state index in [4.69, 9.17) is 21.1 Å². The van der Waals surface area contributed by atoms with Crippen molar-refractivity contribution < 1.29 is 14.0 Å². The van der Waals surface area contributed by atoms with E-state index in [-0.39, 0.29) is 5.15 Å². The molecule has 0 radical (unpaired) electrons. The molecule has 0 saturated carbocycles. The molecule has 9 heteroatoms. The first-order chi connectivity index (χ1) is 16.6. The quantitative estimate of drug-likeness (QED) is 0.272. The molecule has 0 N–H and O–H groups in total. The molecule has 0 bridgehead atoms. The minimum absolute atomic E-state index is 0.217. The van der Waals surface area contributed by atoms with Gasteiger partial charge < -0.3 is 18.9 Å². The number of aromatic nitrogens is 2. The van der Waals surface area contributed by atoms with Crippen molar-refractivity contribution in [2.75, 3.05) is 19.1 Å². The maximum atomic E-state index is 12.6. The Morgan fingerprint density at radius 1 is 0.943 bits per heavy atom. The van der Waals surface area contributed by atoms with Gasteiger partial charge in [-0.15, -0.1) is 10.2 Å². The molecule has 1 unspecified atom stereocenters. The van der Waals surface area contributed by atoms with Gasteiger partial charge in [0, 0.05) is 18.7 Å². The maximum absolute atomic E-state index is 12.6. The van der Waals surface area contributed by atoms with E-state index in [0.717, 1.165) is 22.6 Å². The highest BCUT2D eigenvalue weighted by molar-refractivity contribution is 7.91. The second kappa shape index (κ2) is 11.7. The van der Waals surface area contributed by atoms with Crippen LogP contribution < -0.4 is 14.4 Å². The van der Waals surface area contributed by atoms with Crippen LogP contribution in [0.1, 0.15) is 44.4 Å². The van der Waals surface area contributed by atoms with Crippen LogP contribution in [0.3, 0.4) is 0 Å². The van der Waals surface area contributed by atoms with Gasteiger partial charge >= 0.3 is 0 Å². The zero-order valence-electron chi connectivity index (χ0n) is 20.9. The number of methoxy groups -OCH3 is 2. The van der Waals surface area contributed by atoms with Gasteiger partial charge in [0.1, 0.15) is 27.6 Å². The van der Waals surface area contributed by atoms with Gasteiger partial charge in [0.25, 0.3) is 0 Å². The van der Waals surface area contributed by atoms with Crippen LogP contribution in [0.15, 0.2) is 59.0 Å². The van der Waals surface area contributed by atoms with Crippen molar-refractivity contribution in [2.45, 2.75) is 45.5 Å². The Morgan fingerprint density at radius 2 is 1.43 bits per heavy atom. The van der Waals surface area contributed by atoms with Crippen LogP contribution in [0.2, 0.25) is 5.15 Å². The molecule has 3 aromatic rings. The number of hydrogen-bond donors (Lipinski definition) is 0. The van der Waals surface area contributed by atoms with E-state index in [0.29, 0.717) is 30.2 Å². The summed E-state index contributed by atoms with van der Waals surface area (Å²) in [6, 6.07) is 17.6. The highest BCUT2D eigenvalue weighted by atomic mass is 35.5. The second-order valence-corrected chi connectivity index (χ2v) is 11.3. The molecule has 0 amide bonds. The maximum Gasteiger partial charge on any atom is 0.161 e. The first-order valence-corrected chi connectivity index (χ1v) is 12.6. The van der Waals surface area contributed by atoms with Crippen molar-refractivity contribution in [3.05, 3.63) is 76.4 Å². The molecular formula is C26H31ClN4O3S. The van der Waals surface area contributed by atoms with Crippen LogP contribution in [0.4, 0.5) is 5.82 Å². The molecule has 1 aromatic heterocycles. The smallest absolute Gasteiger partial charge is 0.161 e. The normalized spacial score (nSPS) is 12.9. The topological polar surface area (TPSA) is 82.9 Å². The van der Waals surface area contributed by atoms with Crippen molar-refractivity contribution in [3.63, 3.8) is 0 Å². The molecule has 2 aromatic carbocycles. The van der Waals surface area contributed by atoms with Crippen molar-refractivity contribution in [2.24, 2.45) is 4.40 Å². The molecule has 1 heterocycles. The van der Waals surface area contributed by atoms with Crippen LogP contribution >= 0.6 is 11.6 Å². The summed E-state index contributed by atoms with van der Waals surface area (Å²) in [7, 11) is 3.29. The molecule has 0 fully saturated rings. The van der Waals surface area contributed by atoms with Crippen LogP contribution in [-0.4, -0.2) is 39.4 Å². The summed E-state index contributed by atoms with van der Waals surface area (Å²) in [4.78, 5) is 2.10. The van der Waals surface area contributed by atoms with Gasteiger partial charge in [0.05, 0.1) is 19.9 Å². The van der Waals surface area contributed by atoms with E-state index in [1.54, 1.807) is 21.1 Å². The largest absolute Gasteiger partial charge is 0.591 e. The fraction of sp³-hybridized carbons (Fsp3) is 0.346. The van der Waals surface area contributed by atoms with Gasteiger partial charge in [-0.1, -0.05) is 40.3 Å². The van der Waals surface area contributed by atoms with E-state index in [2.05, 4.69) is 19.5 Å². The summed E-state index contributed by atoms with van der Waals surface area (Å²) in [5.74, 6) is 2.22. The number of ether oxygens (including phenoxy) is 2. The van der Waals surface area contributed by atoms with E-state index in [1.807, 2.05) is 75.4 Å². The first-order valence-electron chi connectivity index (χ1n) is 11.1. The summed E-state index contributed by atoms with van der Waals surface area (Å²) < 4.78 is 27.0. The number of benzene rings is 2. The predicted molar refractivity (Wildman–Crippen MR) is 143 cm³/mol. The monoisotopic (exact) mass is 514 g/mol. The lowest BCUT2D eigenvalue weighted by Gasteiger charge is -2.24. The molecule has 7 nitrogen and oxygen atoms in total. The average Bonchev–Trinajstić information content (AvgIpc) is 2.84. The van der Waals surface area contributed by atoms with Gasteiger partial charge in [0.15, 0.2) is 11.0 Å². The molecular weight excluding hydrogens is 484 g/mol. The second-order valence-electron chi connectivity index (χ2n) is 9.00. The van der Waals surface area contributed by atoms with E-state index in [9.17, 15) is 4.55 Å². The van der Waals surface area contributed by atoms with Crippen molar-refractivity contribution in [3.8, 4) is 11.5 Å². The number of halogens is 1. The lowest BCUT2D eigenvalue weighted by atomic mass is 10.1. The summed E-state index contributed by atoms with van der Waals surface area (Å²) in [6.45, 7) is 8.58. The molecule has 0 aliphatic carbocycles. The third-order valence-electron chi connectivity index (χ3n) is 5.26. The predicted octanol–water partition coefficient (Wildman–Crippen LogP) is 5.63. The van der Waals surface area contributed by atoms with Gasteiger partial charge in [-0.2, -0.15) is 0 Å². The van der Waals surface area contributed by atoms with Gasteiger partial charge in [0.2, 0.25) is 0 Å². The Bertz CT molecular complexity index is 1100. The van der Waals surface area contributed by atoms with Gasteiger partial charge in [-0.25, -0.2) is 0 Å². The first kappa shape index (κ1) is 26.8. The molecule has 0 spiro atoms. The Balaban J connectivity index is 1.97. The average molecular weight is 515 g/mol. The fourth-order valence-corrected chi connectivity index (χ4v) is 4.06. The molecule has 1 atom stereocenters. The zero-order valence-corrected chi connectivity index (χ0v) is 22.5. The summed E-state index contributed by atoms with van der Waals surface area (Å²) in [6.07, 6.45) is 0. The minimum atomic E-state index is -1.42. The standard InChI is InChI=1S/C26H31ClN4O3S/c1-18(30-35(32)26(2,3)4)23-15-24(28-29-25(23)27)31(16-19-7-11-21(33-5)12-8-19)17-20-9-13-22(34-6)14-10-20/h7-15H,16-17H2,1-6H3. The van der Waals surface area contributed by atoms with E-state index in [1.165, 1.54) is 0 Å². The van der Waals surface area contributed by atoms with Gasteiger partial charge in [-0.05, 0) is 69.2 Å². The molecule has 186 valence electrons. The number of anilines is 1. The molecule has 0 saturated heterocycles. The fourth-order valence-electron chi connectivity index (χ4n) is 3.21. The van der Waals surface area contributed by atoms with Crippen molar-refractivity contribution in [1.29, 1.82) is 0 Å². The highest BCUT2D eigenvalue weighted by Gasteiger charge is 2.27. The van der Waals surface area contributed by atoms with Crippen molar-refractivity contribution >= 4 is 34.5 Å². The molecule has 0 aliphatic rings. The SMILES string of the molecule is COc1ccc(CN(Cc2ccc(OC)cc2)c2cc(C(C)=N[S+]([O-])C(C)(C)C)c(Cl)nn2)cc1. The van der Waals surface area contributed by atoms with Gasteiger partial charge in [-0.3, -0.25) is 0 Å². The lowest BCUT2D eigenvalue weighted by molar-refractivity contribution is 0.414. The Labute approximate surface area is 215 Å². The third-order valence-corrected chi connectivity index (χ3v) is 7.03. The summed E-state index contributed by atoms with van der Waals surface area (Å²) in [5, 5.41) is 8.77. The Kier molecular flexibility index (Phi) is 8.99. The lowest BCUT2D eigenvalue weighted by Crippen LogP contribution is -2.27. The Morgan fingerprint density at radius 3 is 1.86 bits per heavy atom. The van der Waals surface area contributed by atoms with Crippen LogP contribution in [0.5, 0.6) is 11.5 Å². The number of nitrogens with zero attached hydrogens (tertiary/aromatic N) is 4. The van der Waals surface area contributed by atoms with Crippen LogP contribution in [0, 0.1) is 0 Å². The van der Waals surface area contributed by atoms with E-state index < -0.39 is 16.1 Å². The van der Waals surface area contributed by atoms with Crippen LogP contribution in [0.25, 0.3) is 0 Å². The molecule has 35 heavy (non-hydrogen) atoms. The van der Waals surface area contributed by atoms with Crippen molar-refractivity contribution in [1.82, 2.24) is 10.2 Å². The number of rotatable bonds is 9. The molecule has 3 rings (SSSR count). The zero-order chi connectivity index (χ0) is 25.6. The minimum Gasteiger partial charge on any atom is -0.591 e. The third kappa shape index (κ3) is 7.34. The molecule has 0 aliphatic heterocycles. The number of hydrogen-bond acceptors (Lipinski definition) is 7.